The van der Waals surface area contributed by atoms with E-state index >= 15 is 0 Å². The van der Waals surface area contributed by atoms with Crippen LogP contribution in [0.25, 0.3) is 11.3 Å². The molecule has 0 atom stereocenters. The number of amides is 1. The number of piperidine rings is 1. The van der Waals surface area contributed by atoms with E-state index in [9.17, 15) is 14.0 Å². The van der Waals surface area contributed by atoms with Crippen LogP contribution in [-0.4, -0.2) is 33.7 Å². The predicted octanol–water partition coefficient (Wildman–Crippen LogP) is 3.46. The van der Waals surface area contributed by atoms with Crippen LogP contribution in [0.15, 0.2) is 71.5 Å². The Morgan fingerprint density at radius 2 is 1.66 bits per heavy atom. The predicted molar refractivity (Wildman–Crippen MR) is 109 cm³/mol. The van der Waals surface area contributed by atoms with Crippen LogP contribution in [0, 0.1) is 5.82 Å². The van der Waals surface area contributed by atoms with Gasteiger partial charge in [-0.1, -0.05) is 48.5 Å². The molecule has 148 valence electrons. The van der Waals surface area contributed by atoms with E-state index in [2.05, 4.69) is 5.10 Å². The Bertz CT molecular complexity index is 1060. The molecule has 1 aliphatic rings. The van der Waals surface area contributed by atoms with Crippen LogP contribution in [-0.2, 0) is 11.2 Å². The van der Waals surface area contributed by atoms with Gasteiger partial charge in [0.2, 0.25) is 5.91 Å². The van der Waals surface area contributed by atoms with Gasteiger partial charge < -0.3 is 4.90 Å². The molecule has 5 nitrogen and oxygen atoms in total. The van der Waals surface area contributed by atoms with Gasteiger partial charge in [0.05, 0.1) is 18.2 Å². The fourth-order valence-electron chi connectivity index (χ4n) is 3.73. The molecule has 3 aromatic rings. The molecule has 0 radical (unpaired) electrons. The lowest BCUT2D eigenvalue weighted by molar-refractivity contribution is -0.131. The van der Waals surface area contributed by atoms with Crippen molar-refractivity contribution >= 4 is 5.91 Å². The molecular formula is C23H22FN3O2. The summed E-state index contributed by atoms with van der Waals surface area (Å²) in [4.78, 5) is 26.7. The van der Waals surface area contributed by atoms with E-state index in [0.717, 1.165) is 11.3 Å². The molecule has 2 aromatic carbocycles. The number of hydrogen-bond donors (Lipinski definition) is 0. The molecule has 0 unspecified atom stereocenters. The first-order valence-electron chi connectivity index (χ1n) is 9.78. The molecule has 1 saturated heterocycles. The second kappa shape index (κ2) is 8.39. The first-order valence-corrected chi connectivity index (χ1v) is 9.78. The molecule has 0 spiro atoms. The van der Waals surface area contributed by atoms with E-state index in [1.165, 1.54) is 6.07 Å². The van der Waals surface area contributed by atoms with Crippen LogP contribution in [0.1, 0.15) is 24.4 Å². The van der Waals surface area contributed by atoms with Crippen LogP contribution in [0.5, 0.6) is 0 Å². The summed E-state index contributed by atoms with van der Waals surface area (Å²) in [7, 11) is 0. The molecule has 2 heterocycles. The van der Waals surface area contributed by atoms with Crippen LogP contribution in [0.3, 0.4) is 0 Å². The molecule has 0 bridgehead atoms. The molecule has 0 aliphatic carbocycles. The maximum absolute atomic E-state index is 13.8. The smallest absolute Gasteiger partial charge is 0.267 e. The van der Waals surface area contributed by atoms with E-state index in [-0.39, 0.29) is 29.7 Å². The Labute approximate surface area is 168 Å². The van der Waals surface area contributed by atoms with E-state index in [1.54, 1.807) is 39.9 Å². The quantitative estimate of drug-likeness (QED) is 0.685. The van der Waals surface area contributed by atoms with Crippen LogP contribution in [0.2, 0.25) is 0 Å². The first-order chi connectivity index (χ1) is 14.1. The normalized spacial score (nSPS) is 14.7. The maximum Gasteiger partial charge on any atom is 0.267 e. The van der Waals surface area contributed by atoms with Crippen LogP contribution >= 0.6 is 0 Å². The zero-order chi connectivity index (χ0) is 20.2. The molecule has 4 rings (SSSR count). The molecule has 0 saturated carbocycles. The number of rotatable bonds is 4. The van der Waals surface area contributed by atoms with Crippen molar-refractivity contribution in [2.45, 2.75) is 25.3 Å². The molecule has 1 aliphatic heterocycles. The minimum atomic E-state index is -0.357. The summed E-state index contributed by atoms with van der Waals surface area (Å²) in [5.41, 5.74) is 1.98. The Morgan fingerprint density at radius 3 is 2.38 bits per heavy atom. The number of hydrogen-bond acceptors (Lipinski definition) is 3. The van der Waals surface area contributed by atoms with E-state index in [1.807, 2.05) is 30.3 Å². The summed E-state index contributed by atoms with van der Waals surface area (Å²) in [6, 6.07) is 19.3. The third-order valence-electron chi connectivity index (χ3n) is 5.36. The Balaban J connectivity index is 1.44. The highest BCUT2D eigenvalue weighted by atomic mass is 19.1. The van der Waals surface area contributed by atoms with Gasteiger partial charge in [-0.25, -0.2) is 9.07 Å². The Hall–Kier alpha value is -3.28. The largest absolute Gasteiger partial charge is 0.342 e. The van der Waals surface area contributed by atoms with Gasteiger partial charge in [-0.05, 0) is 30.5 Å². The van der Waals surface area contributed by atoms with Crippen molar-refractivity contribution in [2.24, 2.45) is 0 Å². The van der Waals surface area contributed by atoms with Gasteiger partial charge in [-0.3, -0.25) is 9.59 Å². The molecule has 1 amide bonds. The fourth-order valence-corrected chi connectivity index (χ4v) is 3.73. The highest BCUT2D eigenvalue weighted by molar-refractivity contribution is 5.78. The molecule has 29 heavy (non-hydrogen) atoms. The van der Waals surface area contributed by atoms with Gasteiger partial charge in [0.1, 0.15) is 5.82 Å². The lowest BCUT2D eigenvalue weighted by atomic mass is 10.0. The monoisotopic (exact) mass is 391 g/mol. The van der Waals surface area contributed by atoms with Gasteiger partial charge >= 0.3 is 0 Å². The third-order valence-corrected chi connectivity index (χ3v) is 5.36. The summed E-state index contributed by atoms with van der Waals surface area (Å²) >= 11 is 0. The SMILES string of the molecule is O=C(Cc1ccccc1F)N1CCC(n2nc(-c3ccccc3)ccc2=O)CC1. The molecular weight excluding hydrogens is 369 g/mol. The standard InChI is InChI=1S/C23H22FN3O2/c24-20-9-5-4-8-18(20)16-23(29)26-14-12-19(13-15-26)27-22(28)11-10-21(25-27)17-6-2-1-3-7-17/h1-11,19H,12-16H2. The highest BCUT2D eigenvalue weighted by Gasteiger charge is 2.25. The van der Waals surface area contributed by atoms with Crippen molar-refractivity contribution < 1.29 is 9.18 Å². The summed E-state index contributed by atoms with van der Waals surface area (Å²) in [6.07, 6.45) is 1.35. The fraction of sp³-hybridized carbons (Fsp3) is 0.261. The Kier molecular flexibility index (Phi) is 5.51. The van der Waals surface area contributed by atoms with Gasteiger partial charge in [0.25, 0.3) is 5.56 Å². The summed E-state index contributed by atoms with van der Waals surface area (Å²) < 4.78 is 15.3. The van der Waals surface area contributed by atoms with Crippen molar-refractivity contribution in [1.82, 2.24) is 14.7 Å². The molecule has 1 aromatic heterocycles. The van der Waals surface area contributed by atoms with Crippen molar-refractivity contribution in [3.63, 3.8) is 0 Å². The average Bonchev–Trinajstić information content (AvgIpc) is 2.76. The number of carbonyl (C=O) groups is 1. The third kappa shape index (κ3) is 4.26. The van der Waals surface area contributed by atoms with Crippen LogP contribution in [0.4, 0.5) is 4.39 Å². The molecule has 6 heteroatoms. The van der Waals surface area contributed by atoms with E-state index < -0.39 is 0 Å². The first kappa shape index (κ1) is 19.1. The van der Waals surface area contributed by atoms with Crippen molar-refractivity contribution in [2.75, 3.05) is 13.1 Å². The Morgan fingerprint density at radius 1 is 0.966 bits per heavy atom. The molecule has 0 N–H and O–H groups in total. The van der Waals surface area contributed by atoms with Crippen molar-refractivity contribution in [1.29, 1.82) is 0 Å². The van der Waals surface area contributed by atoms with Crippen LogP contribution < -0.4 is 5.56 Å². The van der Waals surface area contributed by atoms with Crippen molar-refractivity contribution in [3.05, 3.63) is 88.5 Å². The van der Waals surface area contributed by atoms with Gasteiger partial charge in [-0.15, -0.1) is 0 Å². The zero-order valence-electron chi connectivity index (χ0n) is 16.0. The average molecular weight is 391 g/mol. The van der Waals surface area contributed by atoms with Gasteiger partial charge in [0.15, 0.2) is 0 Å². The highest BCUT2D eigenvalue weighted by Crippen LogP contribution is 2.23. The van der Waals surface area contributed by atoms with E-state index in [0.29, 0.717) is 31.5 Å². The summed E-state index contributed by atoms with van der Waals surface area (Å²) in [5, 5.41) is 4.57. The lowest BCUT2D eigenvalue weighted by Crippen LogP contribution is -2.42. The second-order valence-electron chi connectivity index (χ2n) is 7.25. The van der Waals surface area contributed by atoms with Gasteiger partial charge in [-0.2, -0.15) is 5.10 Å². The van der Waals surface area contributed by atoms with E-state index in [4.69, 9.17) is 0 Å². The summed E-state index contributed by atoms with van der Waals surface area (Å²) in [5.74, 6) is -0.448. The number of aromatic nitrogens is 2. The molecule has 1 fully saturated rings. The summed E-state index contributed by atoms with van der Waals surface area (Å²) in [6.45, 7) is 1.06. The minimum absolute atomic E-state index is 0.0522. The lowest BCUT2D eigenvalue weighted by Gasteiger charge is -2.32. The topological polar surface area (TPSA) is 55.2 Å². The number of nitrogens with zero attached hydrogens (tertiary/aromatic N) is 3. The second-order valence-corrected chi connectivity index (χ2v) is 7.25. The van der Waals surface area contributed by atoms with Crippen molar-refractivity contribution in [3.8, 4) is 11.3 Å². The number of carbonyl (C=O) groups excluding carboxylic acids is 1. The number of benzene rings is 2. The minimum Gasteiger partial charge on any atom is -0.342 e. The zero-order valence-corrected chi connectivity index (χ0v) is 16.0. The number of likely N-dealkylation sites (tertiary alicyclic amines) is 1. The maximum atomic E-state index is 13.8. The van der Waals surface area contributed by atoms with Gasteiger partial charge in [0, 0.05) is 24.7 Å². The number of halogens is 1.